The van der Waals surface area contributed by atoms with Gasteiger partial charge in [-0.3, -0.25) is 9.59 Å². The molecule has 9 heteroatoms. The van der Waals surface area contributed by atoms with E-state index >= 15 is 0 Å². The number of carbonyl (C=O) groups is 2. The molecule has 2 amide bonds. The molecular weight excluding hydrogens is 495 g/mol. The quantitative estimate of drug-likeness (QED) is 0.307. The molecule has 39 heavy (non-hydrogen) atoms. The maximum atomic E-state index is 13.6. The zero-order valence-corrected chi connectivity index (χ0v) is 21.8. The number of hydrogen-bond acceptors (Lipinski definition) is 6. The largest absolute Gasteiger partial charge is 0.369 e. The Morgan fingerprint density at radius 2 is 2.00 bits per heavy atom. The molecule has 4 rings (SSSR count). The number of likely N-dealkylation sites (tertiary alicyclic amines) is 1. The monoisotopic (exact) mass is 528 g/mol. The summed E-state index contributed by atoms with van der Waals surface area (Å²) in [7, 11) is 0. The van der Waals surface area contributed by atoms with Gasteiger partial charge < -0.3 is 21.3 Å². The summed E-state index contributed by atoms with van der Waals surface area (Å²) in [5.74, 6) is -0.134. The van der Waals surface area contributed by atoms with E-state index in [0.29, 0.717) is 73.6 Å². The van der Waals surface area contributed by atoms with E-state index in [1.165, 1.54) is 12.1 Å². The summed E-state index contributed by atoms with van der Waals surface area (Å²) in [6.07, 6.45) is 3.39. The van der Waals surface area contributed by atoms with Crippen molar-refractivity contribution in [3.05, 3.63) is 83.2 Å². The molecule has 0 radical (unpaired) electrons. The van der Waals surface area contributed by atoms with E-state index in [0.717, 1.165) is 18.4 Å². The number of nitrogens with two attached hydrogens (primary N) is 1. The maximum Gasteiger partial charge on any atom is 0.255 e. The Morgan fingerprint density at radius 1 is 1.15 bits per heavy atom. The van der Waals surface area contributed by atoms with Gasteiger partial charge in [-0.2, -0.15) is 5.26 Å². The van der Waals surface area contributed by atoms with E-state index in [-0.39, 0.29) is 23.7 Å². The second kappa shape index (κ2) is 13.5. The summed E-state index contributed by atoms with van der Waals surface area (Å²) >= 11 is 0. The zero-order valence-electron chi connectivity index (χ0n) is 21.8. The third-order valence-electron chi connectivity index (χ3n) is 6.86. The van der Waals surface area contributed by atoms with Crippen molar-refractivity contribution in [2.24, 2.45) is 5.73 Å². The summed E-state index contributed by atoms with van der Waals surface area (Å²) in [6, 6.07) is 19.1. The first-order chi connectivity index (χ1) is 19.0. The number of unbranched alkanes of at least 4 members (excludes halogenated alkanes) is 1. The summed E-state index contributed by atoms with van der Waals surface area (Å²) < 4.78 is 13.6. The van der Waals surface area contributed by atoms with Gasteiger partial charge in [-0.15, -0.1) is 0 Å². The minimum atomic E-state index is -0.308. The molecule has 1 aliphatic heterocycles. The number of aromatic nitrogens is 1. The van der Waals surface area contributed by atoms with Crippen LogP contribution in [0.2, 0.25) is 0 Å². The molecule has 1 fully saturated rings. The van der Waals surface area contributed by atoms with Crippen molar-refractivity contribution in [2.75, 3.05) is 31.5 Å². The summed E-state index contributed by atoms with van der Waals surface area (Å²) in [4.78, 5) is 32.2. The molecule has 0 bridgehead atoms. The highest BCUT2D eigenvalue weighted by molar-refractivity contribution is 5.99. The fourth-order valence-corrected chi connectivity index (χ4v) is 4.79. The van der Waals surface area contributed by atoms with E-state index in [2.05, 4.69) is 16.7 Å². The van der Waals surface area contributed by atoms with E-state index in [1.54, 1.807) is 30.3 Å². The lowest BCUT2D eigenvalue weighted by Gasteiger charge is -2.25. The topological polar surface area (TPSA) is 124 Å². The van der Waals surface area contributed by atoms with Gasteiger partial charge in [-0.25, -0.2) is 9.37 Å². The van der Waals surface area contributed by atoms with Crippen LogP contribution in [0.3, 0.4) is 0 Å². The number of nitrogens with one attached hydrogen (secondary N) is 2. The SMILES string of the molecule is N#Cc1ccccc1-c1ccc(C(=O)NC[C@H]2CCC(=O)N2CCCCN)c(NCCc2cccc(F)c2)n1. The van der Waals surface area contributed by atoms with Gasteiger partial charge in [0.1, 0.15) is 11.6 Å². The molecule has 1 aliphatic rings. The lowest BCUT2D eigenvalue weighted by Crippen LogP contribution is -2.42. The number of halogens is 1. The molecule has 202 valence electrons. The predicted molar refractivity (Wildman–Crippen MR) is 148 cm³/mol. The second-order valence-electron chi connectivity index (χ2n) is 9.54. The second-order valence-corrected chi connectivity index (χ2v) is 9.54. The summed E-state index contributed by atoms with van der Waals surface area (Å²) in [5, 5.41) is 15.8. The van der Waals surface area contributed by atoms with Gasteiger partial charge >= 0.3 is 0 Å². The molecule has 2 aromatic carbocycles. The fraction of sp³-hybridized carbons (Fsp3) is 0.333. The molecule has 3 aromatic rings. The lowest BCUT2D eigenvalue weighted by atomic mass is 10.0. The minimum absolute atomic E-state index is 0.0571. The molecule has 4 N–H and O–H groups in total. The van der Waals surface area contributed by atoms with Crippen molar-refractivity contribution >= 4 is 17.6 Å². The van der Waals surface area contributed by atoms with Crippen LogP contribution in [0.4, 0.5) is 10.2 Å². The van der Waals surface area contributed by atoms with Crippen LogP contribution < -0.4 is 16.4 Å². The Hall–Kier alpha value is -4.29. The minimum Gasteiger partial charge on any atom is -0.369 e. The van der Waals surface area contributed by atoms with Crippen LogP contribution in [0.5, 0.6) is 0 Å². The number of anilines is 1. The number of hydrogen-bond donors (Lipinski definition) is 3. The molecule has 0 spiro atoms. The molecule has 2 heterocycles. The number of rotatable bonds is 12. The summed E-state index contributed by atoms with van der Waals surface area (Å²) in [5.41, 5.74) is 8.47. The predicted octanol–water partition coefficient (Wildman–Crippen LogP) is 3.87. The highest BCUT2D eigenvalue weighted by atomic mass is 19.1. The molecule has 1 saturated heterocycles. The summed E-state index contributed by atoms with van der Waals surface area (Å²) in [6.45, 7) is 1.99. The van der Waals surface area contributed by atoms with Crippen molar-refractivity contribution in [3.63, 3.8) is 0 Å². The average molecular weight is 529 g/mol. The Morgan fingerprint density at radius 3 is 2.79 bits per heavy atom. The molecule has 8 nitrogen and oxygen atoms in total. The molecule has 1 atom stereocenters. The molecular formula is C30H33FN6O2. The third kappa shape index (κ3) is 7.18. The zero-order chi connectivity index (χ0) is 27.6. The molecule has 1 aromatic heterocycles. The van der Waals surface area contributed by atoms with E-state index in [4.69, 9.17) is 10.7 Å². The first-order valence-corrected chi connectivity index (χ1v) is 13.3. The number of nitriles is 1. The van der Waals surface area contributed by atoms with Crippen molar-refractivity contribution < 1.29 is 14.0 Å². The Kier molecular flexibility index (Phi) is 9.59. The van der Waals surface area contributed by atoms with Gasteiger partial charge in [0.05, 0.1) is 22.9 Å². The number of pyridine rings is 1. The van der Waals surface area contributed by atoms with Crippen LogP contribution in [0, 0.1) is 17.1 Å². The van der Waals surface area contributed by atoms with Crippen LogP contribution in [-0.4, -0.2) is 53.9 Å². The third-order valence-corrected chi connectivity index (χ3v) is 6.86. The lowest BCUT2D eigenvalue weighted by molar-refractivity contribution is -0.129. The van der Waals surface area contributed by atoms with Crippen molar-refractivity contribution in [1.82, 2.24) is 15.2 Å². The fourth-order valence-electron chi connectivity index (χ4n) is 4.79. The van der Waals surface area contributed by atoms with Crippen molar-refractivity contribution in [1.29, 1.82) is 5.26 Å². The molecule has 0 unspecified atom stereocenters. The average Bonchev–Trinajstić information content (AvgIpc) is 3.30. The Balaban J connectivity index is 1.51. The van der Waals surface area contributed by atoms with Gasteiger partial charge in [0, 0.05) is 37.7 Å². The number of amides is 2. The van der Waals surface area contributed by atoms with Gasteiger partial charge in [0.2, 0.25) is 5.91 Å². The molecule has 0 aliphatic carbocycles. The first-order valence-electron chi connectivity index (χ1n) is 13.3. The van der Waals surface area contributed by atoms with Crippen LogP contribution in [0.1, 0.15) is 47.2 Å². The van der Waals surface area contributed by atoms with E-state index in [9.17, 15) is 19.2 Å². The Bertz CT molecular complexity index is 1360. The normalized spacial score (nSPS) is 14.7. The van der Waals surface area contributed by atoms with Crippen molar-refractivity contribution in [3.8, 4) is 17.3 Å². The van der Waals surface area contributed by atoms with Crippen LogP contribution in [0.15, 0.2) is 60.7 Å². The van der Waals surface area contributed by atoms with Gasteiger partial charge in [0.25, 0.3) is 5.91 Å². The van der Waals surface area contributed by atoms with Gasteiger partial charge in [-0.1, -0.05) is 30.3 Å². The highest BCUT2D eigenvalue weighted by Gasteiger charge is 2.30. The van der Waals surface area contributed by atoms with Crippen molar-refractivity contribution in [2.45, 2.75) is 38.1 Å². The van der Waals surface area contributed by atoms with Crippen LogP contribution >= 0.6 is 0 Å². The number of nitrogens with zero attached hydrogens (tertiary/aromatic N) is 3. The van der Waals surface area contributed by atoms with Gasteiger partial charge in [0.15, 0.2) is 0 Å². The van der Waals surface area contributed by atoms with Crippen LogP contribution in [0.25, 0.3) is 11.3 Å². The van der Waals surface area contributed by atoms with E-state index in [1.807, 2.05) is 23.1 Å². The van der Waals surface area contributed by atoms with Gasteiger partial charge in [-0.05, 0) is 68.1 Å². The van der Waals surface area contributed by atoms with Crippen LogP contribution in [-0.2, 0) is 11.2 Å². The molecule has 0 saturated carbocycles. The number of benzene rings is 2. The highest BCUT2D eigenvalue weighted by Crippen LogP contribution is 2.25. The standard InChI is InChI=1S/C30H33FN6O2/c31-23-8-5-6-21(18-23)14-16-34-29-26(11-12-27(36-29)25-9-2-1-7-22(25)19-33)30(39)35-20-24-10-13-28(38)37(24)17-4-3-15-32/h1-2,5-9,11-12,18,24H,3-4,10,13-17,20,32H2,(H,34,36)(H,35,39)/t24-/m1/s1. The maximum absolute atomic E-state index is 13.6. The Labute approximate surface area is 228 Å². The van der Waals surface area contributed by atoms with E-state index < -0.39 is 0 Å². The smallest absolute Gasteiger partial charge is 0.255 e. The first kappa shape index (κ1) is 27.7. The number of carbonyl (C=O) groups excluding carboxylic acids is 2.